The first-order chi connectivity index (χ1) is 15.4. The van der Waals surface area contributed by atoms with Crippen molar-refractivity contribution in [3.05, 3.63) is 63.5 Å². The summed E-state index contributed by atoms with van der Waals surface area (Å²) < 4.78 is 22.5. The number of fused-ring (bicyclic) bond motifs is 2. The molecule has 0 aliphatic carbocycles. The molecule has 0 fully saturated rings. The lowest BCUT2D eigenvalue weighted by molar-refractivity contribution is 0.187. The monoisotopic (exact) mass is 454 g/mol. The summed E-state index contributed by atoms with van der Waals surface area (Å²) >= 11 is 5.57. The highest BCUT2D eigenvalue weighted by Gasteiger charge is 2.31. The summed E-state index contributed by atoms with van der Waals surface area (Å²) in [6, 6.07) is 10.9. The Kier molecular flexibility index (Phi) is 6.23. The Labute approximate surface area is 191 Å². The minimum atomic E-state index is -0.375. The van der Waals surface area contributed by atoms with E-state index >= 15 is 0 Å². The van der Waals surface area contributed by atoms with E-state index in [1.54, 1.807) is 20.3 Å². The van der Waals surface area contributed by atoms with Gasteiger partial charge in [0.2, 0.25) is 0 Å². The van der Waals surface area contributed by atoms with E-state index in [-0.39, 0.29) is 11.7 Å². The van der Waals surface area contributed by atoms with Gasteiger partial charge in [0.15, 0.2) is 16.6 Å². The SMILES string of the molecule is CNC(=S)N1CCc2cc(OC)c(OC)cc2C1COc1ccc2c(C)cc(=O)oc2c1. The van der Waals surface area contributed by atoms with Crippen molar-refractivity contribution >= 4 is 28.3 Å². The molecule has 1 aliphatic rings. The third kappa shape index (κ3) is 4.10. The number of rotatable bonds is 5. The van der Waals surface area contributed by atoms with Crippen molar-refractivity contribution in [1.82, 2.24) is 10.2 Å². The van der Waals surface area contributed by atoms with Crippen molar-refractivity contribution in [3.8, 4) is 17.2 Å². The second kappa shape index (κ2) is 9.08. The molecule has 1 unspecified atom stereocenters. The van der Waals surface area contributed by atoms with Crippen LogP contribution in [0, 0.1) is 6.92 Å². The summed E-state index contributed by atoms with van der Waals surface area (Å²) in [6.45, 7) is 2.99. The topological polar surface area (TPSA) is 73.2 Å². The Hall–Kier alpha value is -3.26. The van der Waals surface area contributed by atoms with E-state index in [0.717, 1.165) is 29.5 Å². The number of hydrogen-bond donors (Lipinski definition) is 1. The van der Waals surface area contributed by atoms with Crippen LogP contribution in [0.2, 0.25) is 0 Å². The average Bonchev–Trinajstić information content (AvgIpc) is 2.80. The van der Waals surface area contributed by atoms with Crippen LogP contribution in [0.15, 0.2) is 45.6 Å². The molecule has 0 saturated heterocycles. The highest BCUT2D eigenvalue weighted by molar-refractivity contribution is 7.80. The molecule has 1 aliphatic heterocycles. The largest absolute Gasteiger partial charge is 0.493 e. The van der Waals surface area contributed by atoms with Crippen molar-refractivity contribution < 1.29 is 18.6 Å². The molecule has 0 amide bonds. The summed E-state index contributed by atoms with van der Waals surface area (Å²) in [5.41, 5.74) is 3.25. The van der Waals surface area contributed by atoms with Crippen LogP contribution in [0.1, 0.15) is 22.7 Å². The summed E-state index contributed by atoms with van der Waals surface area (Å²) in [5, 5.41) is 4.61. The Morgan fingerprint density at radius 3 is 2.66 bits per heavy atom. The zero-order chi connectivity index (χ0) is 22.8. The zero-order valence-corrected chi connectivity index (χ0v) is 19.4. The highest BCUT2D eigenvalue weighted by atomic mass is 32.1. The van der Waals surface area contributed by atoms with Gasteiger partial charge in [-0.1, -0.05) is 0 Å². The summed E-state index contributed by atoms with van der Waals surface area (Å²) in [6.07, 6.45) is 0.828. The first-order valence-electron chi connectivity index (χ1n) is 10.4. The van der Waals surface area contributed by atoms with Gasteiger partial charge in [-0.25, -0.2) is 4.79 Å². The van der Waals surface area contributed by atoms with Crippen LogP contribution in [-0.2, 0) is 6.42 Å². The predicted molar refractivity (Wildman–Crippen MR) is 127 cm³/mol. The summed E-state index contributed by atoms with van der Waals surface area (Å²) in [7, 11) is 5.08. The van der Waals surface area contributed by atoms with Gasteiger partial charge in [0, 0.05) is 31.1 Å². The van der Waals surface area contributed by atoms with Gasteiger partial charge in [-0.15, -0.1) is 0 Å². The molecular weight excluding hydrogens is 428 g/mol. The maximum atomic E-state index is 11.8. The molecule has 0 spiro atoms. The summed E-state index contributed by atoms with van der Waals surface area (Å²) in [4.78, 5) is 13.9. The van der Waals surface area contributed by atoms with Crippen molar-refractivity contribution in [2.45, 2.75) is 19.4 Å². The standard InChI is InChI=1S/C24H26N2O5S/c1-14-9-23(27)31-20-11-16(5-6-17(14)20)30-13-19-18-12-22(29-4)21(28-3)10-15(18)7-8-26(19)24(32)25-2/h5-6,9-12,19H,7-8,13H2,1-4H3,(H,25,32). The van der Waals surface area contributed by atoms with E-state index in [4.69, 9.17) is 30.8 Å². The van der Waals surface area contributed by atoms with Gasteiger partial charge in [0.05, 0.1) is 20.3 Å². The molecule has 0 saturated carbocycles. The Morgan fingerprint density at radius 1 is 1.19 bits per heavy atom. The molecular formula is C24H26N2O5S. The Balaban J connectivity index is 1.68. The minimum Gasteiger partial charge on any atom is -0.493 e. The molecule has 0 radical (unpaired) electrons. The number of methoxy groups -OCH3 is 2. The summed E-state index contributed by atoms with van der Waals surface area (Å²) in [5.74, 6) is 1.99. The van der Waals surface area contributed by atoms with Gasteiger partial charge in [-0.2, -0.15) is 0 Å². The smallest absolute Gasteiger partial charge is 0.336 e. The van der Waals surface area contributed by atoms with Gasteiger partial charge in [-0.05, 0) is 66.5 Å². The van der Waals surface area contributed by atoms with Crippen LogP contribution in [0.3, 0.4) is 0 Å². The lowest BCUT2D eigenvalue weighted by Crippen LogP contribution is -2.46. The van der Waals surface area contributed by atoms with Gasteiger partial charge in [0.1, 0.15) is 17.9 Å². The molecule has 7 nitrogen and oxygen atoms in total. The number of benzene rings is 2. The third-order valence-corrected chi connectivity index (χ3v) is 6.25. The molecule has 8 heteroatoms. The fraction of sp³-hybridized carbons (Fsp3) is 0.333. The molecule has 168 valence electrons. The molecule has 2 heterocycles. The highest BCUT2D eigenvalue weighted by Crippen LogP contribution is 2.38. The molecule has 1 aromatic heterocycles. The van der Waals surface area contributed by atoms with Crippen LogP contribution in [0.25, 0.3) is 11.0 Å². The average molecular weight is 455 g/mol. The van der Waals surface area contributed by atoms with Gasteiger partial charge in [0.25, 0.3) is 0 Å². The van der Waals surface area contributed by atoms with Crippen molar-refractivity contribution in [3.63, 3.8) is 0 Å². The number of nitrogens with one attached hydrogen (secondary N) is 1. The quantitative estimate of drug-likeness (QED) is 0.463. The van der Waals surface area contributed by atoms with Crippen LogP contribution < -0.4 is 25.2 Å². The second-order valence-corrected chi connectivity index (χ2v) is 8.02. The minimum absolute atomic E-state index is 0.126. The number of ether oxygens (including phenoxy) is 3. The number of hydrogen-bond acceptors (Lipinski definition) is 6. The van der Waals surface area contributed by atoms with E-state index < -0.39 is 0 Å². The van der Waals surface area contributed by atoms with E-state index in [1.165, 1.54) is 11.6 Å². The molecule has 0 bridgehead atoms. The Bertz CT molecular complexity index is 1220. The molecule has 4 rings (SSSR count). The van der Waals surface area contributed by atoms with Crippen LogP contribution >= 0.6 is 12.2 Å². The zero-order valence-electron chi connectivity index (χ0n) is 18.6. The number of thiocarbonyl (C=S) groups is 1. The second-order valence-electron chi connectivity index (χ2n) is 7.64. The number of aryl methyl sites for hydroxylation is 1. The van der Waals surface area contributed by atoms with E-state index in [0.29, 0.717) is 34.6 Å². The Morgan fingerprint density at radius 2 is 1.94 bits per heavy atom. The van der Waals surface area contributed by atoms with Gasteiger partial charge in [-0.3, -0.25) is 0 Å². The van der Waals surface area contributed by atoms with Crippen LogP contribution in [0.4, 0.5) is 0 Å². The van der Waals surface area contributed by atoms with E-state index in [9.17, 15) is 4.79 Å². The first kappa shape index (κ1) is 22.0. The predicted octanol–water partition coefficient (Wildman–Crippen LogP) is 3.60. The lowest BCUT2D eigenvalue weighted by atomic mass is 9.92. The lowest BCUT2D eigenvalue weighted by Gasteiger charge is -2.38. The van der Waals surface area contributed by atoms with Crippen molar-refractivity contribution in [1.29, 1.82) is 0 Å². The molecule has 3 aromatic rings. The maximum absolute atomic E-state index is 11.8. The van der Waals surface area contributed by atoms with Crippen molar-refractivity contribution in [2.24, 2.45) is 0 Å². The van der Waals surface area contributed by atoms with Crippen LogP contribution in [0.5, 0.6) is 17.2 Å². The van der Waals surface area contributed by atoms with E-state index in [1.807, 2.05) is 38.2 Å². The molecule has 2 aromatic carbocycles. The first-order valence-corrected chi connectivity index (χ1v) is 10.8. The van der Waals surface area contributed by atoms with Gasteiger partial charge >= 0.3 is 5.63 Å². The van der Waals surface area contributed by atoms with Crippen LogP contribution in [-0.4, -0.2) is 44.4 Å². The fourth-order valence-electron chi connectivity index (χ4n) is 4.16. The fourth-order valence-corrected chi connectivity index (χ4v) is 4.38. The van der Waals surface area contributed by atoms with Crippen molar-refractivity contribution in [2.75, 3.05) is 34.4 Å². The number of nitrogens with zero attached hydrogens (tertiary/aromatic N) is 1. The molecule has 1 atom stereocenters. The maximum Gasteiger partial charge on any atom is 0.336 e. The van der Waals surface area contributed by atoms with Gasteiger partial charge < -0.3 is 28.8 Å². The molecule has 32 heavy (non-hydrogen) atoms. The third-order valence-electron chi connectivity index (χ3n) is 5.81. The molecule has 1 N–H and O–H groups in total. The normalized spacial score (nSPS) is 15.2. The van der Waals surface area contributed by atoms with E-state index in [2.05, 4.69) is 10.2 Å².